The van der Waals surface area contributed by atoms with Gasteiger partial charge in [-0.15, -0.1) is 0 Å². The maximum absolute atomic E-state index is 12.7. The number of aliphatic hydroxyl groups is 1. The fraction of sp³-hybridized carbons (Fsp3) is 0.765. The number of carbonyl (C=O) groups is 2. The number of rotatable bonds is 81. The van der Waals surface area contributed by atoms with Crippen molar-refractivity contribution in [1.82, 2.24) is 19.6 Å². The van der Waals surface area contributed by atoms with Crippen molar-refractivity contribution in [1.29, 1.82) is 0 Å². The maximum Gasteiger partial charge on any atom is 0.514 e. The van der Waals surface area contributed by atoms with E-state index < -0.39 is 17.2 Å². The zero-order chi connectivity index (χ0) is 85.0. The first kappa shape index (κ1) is 113. The van der Waals surface area contributed by atoms with Gasteiger partial charge in [0, 0.05) is 51.4 Å². The third kappa shape index (κ3) is 82.6. The Hall–Kier alpha value is -5.12. The fourth-order valence-electron chi connectivity index (χ4n) is 13.9. The molecule has 1 N–H and O–H groups in total. The van der Waals surface area contributed by atoms with Crippen molar-refractivity contribution in [3.05, 3.63) is 132 Å². The number of nitrogens with zero attached hydrogens (tertiary/aromatic N) is 5. The number of nitro groups is 1. The molecule has 0 spiro atoms. The highest BCUT2D eigenvalue weighted by Gasteiger charge is 2.19. The van der Waals surface area contributed by atoms with Crippen molar-refractivity contribution in [2.45, 2.75) is 415 Å². The number of hydrogen-bond acceptors (Lipinski definition) is 13. The molecule has 0 amide bonds. The van der Waals surface area contributed by atoms with Gasteiger partial charge in [0.25, 0.3) is 5.69 Å². The van der Waals surface area contributed by atoms with E-state index in [9.17, 15) is 19.7 Å². The zero-order valence-corrected chi connectivity index (χ0v) is 77.3. The van der Waals surface area contributed by atoms with Gasteiger partial charge in [-0.2, -0.15) is 0 Å². The predicted molar refractivity (Wildman–Crippen MR) is 503 cm³/mol. The van der Waals surface area contributed by atoms with Crippen LogP contribution in [0.5, 0.6) is 5.75 Å². The molecular weight excluding hydrogens is 1440 g/mol. The summed E-state index contributed by atoms with van der Waals surface area (Å²) in [5.74, 6) is 0.252. The van der Waals surface area contributed by atoms with Gasteiger partial charge in [0.1, 0.15) is 24.6 Å². The lowest BCUT2D eigenvalue weighted by Gasteiger charge is -2.25. The predicted octanol–water partition coefficient (Wildman–Crippen LogP) is 30.1. The summed E-state index contributed by atoms with van der Waals surface area (Å²) in [5.41, 5.74) is -0.0432. The molecule has 0 saturated heterocycles. The van der Waals surface area contributed by atoms with E-state index in [0.717, 1.165) is 181 Å². The molecule has 1 aromatic carbocycles. The minimum atomic E-state index is -0.732. The number of carbonyl (C=O) groups excluding carboxylic acids is 2. The number of non-ortho nitro benzene ring substituents is 1. The lowest BCUT2D eigenvalue weighted by atomic mass is 10.0. The molecule has 0 fully saturated rings. The van der Waals surface area contributed by atoms with Gasteiger partial charge >= 0.3 is 12.3 Å². The third-order valence-electron chi connectivity index (χ3n) is 21.9. The molecular formula is C102H185N5O9. The lowest BCUT2D eigenvalue weighted by molar-refractivity contribution is -0.384. The zero-order valence-electron chi connectivity index (χ0n) is 77.3. The average molecular weight is 1630 g/mol. The highest BCUT2D eigenvalue weighted by molar-refractivity contribution is 5.64. The number of benzene rings is 1. The number of nitro benzene ring substituents is 1. The van der Waals surface area contributed by atoms with E-state index >= 15 is 0 Å². The smallest absolute Gasteiger partial charge is 0.433 e. The van der Waals surface area contributed by atoms with Crippen LogP contribution < -0.4 is 4.74 Å². The Morgan fingerprint density at radius 3 is 0.845 bits per heavy atom. The van der Waals surface area contributed by atoms with Gasteiger partial charge in [-0.05, 0) is 231 Å². The van der Waals surface area contributed by atoms with E-state index in [1.165, 1.54) is 255 Å². The quantitative estimate of drug-likeness (QED) is 0.0165. The first-order valence-corrected chi connectivity index (χ1v) is 48.6. The Labute approximate surface area is 716 Å². The number of likely N-dealkylation sites (N-methyl/N-ethyl adjacent to an activating group) is 4. The van der Waals surface area contributed by atoms with Crippen LogP contribution in [0, 0.1) is 10.1 Å². The maximum atomic E-state index is 12.7. The number of ether oxygens (including phenoxy) is 4. The topological polar surface area (TPSA) is 147 Å². The minimum absolute atomic E-state index is 0.0240. The summed E-state index contributed by atoms with van der Waals surface area (Å²) in [4.78, 5) is 45.2. The fourth-order valence-corrected chi connectivity index (χ4v) is 13.9. The summed E-state index contributed by atoms with van der Waals surface area (Å²) < 4.78 is 22.6. The van der Waals surface area contributed by atoms with Crippen LogP contribution in [0.15, 0.2) is 121 Å². The van der Waals surface area contributed by atoms with E-state index in [-0.39, 0.29) is 30.3 Å². The summed E-state index contributed by atoms with van der Waals surface area (Å²) in [6.45, 7) is 34.9. The van der Waals surface area contributed by atoms with E-state index in [1.54, 1.807) is 0 Å². The highest BCUT2D eigenvalue weighted by Crippen LogP contribution is 2.23. The molecule has 14 nitrogen and oxygen atoms in total. The molecule has 0 saturated carbocycles. The number of unbranched alkanes of at least 4 members (excludes halogenated alkanes) is 36. The highest BCUT2D eigenvalue weighted by atomic mass is 16.7. The van der Waals surface area contributed by atoms with E-state index in [1.807, 2.05) is 0 Å². The van der Waals surface area contributed by atoms with Crippen molar-refractivity contribution in [2.24, 2.45) is 0 Å². The van der Waals surface area contributed by atoms with E-state index in [4.69, 9.17) is 24.1 Å². The Balaban J connectivity index is 0. The molecule has 0 aliphatic carbocycles. The Morgan fingerprint density at radius 2 is 0.578 bits per heavy atom. The van der Waals surface area contributed by atoms with Gasteiger partial charge in [0.05, 0.1) is 11.5 Å². The number of aliphatic hydroxyl groups excluding tert-OH is 1. The van der Waals surface area contributed by atoms with Crippen LogP contribution in [-0.4, -0.2) is 146 Å². The van der Waals surface area contributed by atoms with Gasteiger partial charge in [-0.25, -0.2) is 9.59 Å². The second-order valence-corrected chi connectivity index (χ2v) is 31.8. The summed E-state index contributed by atoms with van der Waals surface area (Å²) in [5, 5.41) is 19.7. The van der Waals surface area contributed by atoms with Crippen molar-refractivity contribution in [3.8, 4) is 5.75 Å². The van der Waals surface area contributed by atoms with E-state index in [2.05, 4.69) is 186 Å². The Kier molecular flexibility index (Phi) is 91.3. The molecule has 0 heterocycles. The summed E-state index contributed by atoms with van der Waals surface area (Å²) in [6, 6.07) is 5.52. The second-order valence-electron chi connectivity index (χ2n) is 31.8. The van der Waals surface area contributed by atoms with Crippen molar-refractivity contribution in [2.75, 3.05) is 91.8 Å². The molecule has 0 atom stereocenters. The molecule has 0 bridgehead atoms. The van der Waals surface area contributed by atoms with Crippen molar-refractivity contribution < 1.29 is 38.6 Å². The Morgan fingerprint density at radius 1 is 0.328 bits per heavy atom. The minimum Gasteiger partial charge on any atom is -0.433 e. The van der Waals surface area contributed by atoms with Gasteiger partial charge in [0.2, 0.25) is 0 Å². The summed E-state index contributed by atoms with van der Waals surface area (Å²) in [6.07, 6.45) is 98.1. The van der Waals surface area contributed by atoms with Gasteiger partial charge in [0.15, 0.2) is 0 Å². The molecule has 0 unspecified atom stereocenters. The van der Waals surface area contributed by atoms with Crippen LogP contribution in [0.2, 0.25) is 0 Å². The number of hydrogen-bond donors (Lipinski definition) is 1. The normalized spacial score (nSPS) is 12.1. The average Bonchev–Trinajstić information content (AvgIpc) is 0.885. The van der Waals surface area contributed by atoms with Crippen LogP contribution in [0.1, 0.15) is 403 Å². The molecule has 14 heteroatoms. The monoisotopic (exact) mass is 1620 g/mol. The Bertz CT molecular complexity index is 2370. The van der Waals surface area contributed by atoms with Crippen molar-refractivity contribution >= 4 is 18.0 Å². The molecule has 0 aliphatic heterocycles. The standard InChI is InChI=1S/C48H90N2O3.C44H71NO5.C10H24N2O/c1-6-11-13-15-17-19-21-23-25-27-29-31-33-35-37-39-41-47(53-48(51)52-46-45-50(10-5)44-43-49(8-3)9-4)42-40-38-36-34-32-30-28-26-24-22-20-18-16-14-12-7-2;1-3-5-7-9-11-13-15-17-19-21-23-25-27-29-31-33-35-42(49-44(46)50-43-39-37-41(38-40-43)45(47)48)36-34-32-30-28-26-24-22-20-18-16-14-12-10-8-6-4-2;1-4-11(5-2)7-8-12(6-3)9-10-13/h17-20,23-26,47H,6-16,21-22,27-46H2,1-5H3;11-14,17-20,37-40,42H,3-10,15-16,21-36H2,1-2H3;13H,4-10H2,1-3H3/b19-17-,20-18-,25-23-,26-24-;13-11-,14-12-,19-17-,20-18-;. The number of allylic oxidation sites excluding steroid dienone is 16. The summed E-state index contributed by atoms with van der Waals surface area (Å²) >= 11 is 0. The van der Waals surface area contributed by atoms with Crippen LogP contribution in [0.25, 0.3) is 0 Å². The van der Waals surface area contributed by atoms with Gasteiger partial charge in [-0.3, -0.25) is 15.0 Å². The first-order valence-electron chi connectivity index (χ1n) is 48.6. The van der Waals surface area contributed by atoms with Crippen molar-refractivity contribution in [3.63, 3.8) is 0 Å². The summed E-state index contributed by atoms with van der Waals surface area (Å²) in [7, 11) is 0. The molecule has 0 aliphatic rings. The second kappa shape index (κ2) is 93.7. The van der Waals surface area contributed by atoms with Crippen LogP contribution in [0.3, 0.4) is 0 Å². The van der Waals surface area contributed by atoms with Crippen LogP contribution >= 0.6 is 0 Å². The largest absolute Gasteiger partial charge is 0.514 e. The lowest BCUT2D eigenvalue weighted by Crippen LogP contribution is -2.37. The molecule has 0 radical (unpaired) electrons. The molecule has 0 aromatic heterocycles. The van der Waals surface area contributed by atoms with Crippen LogP contribution in [-0.2, 0) is 14.2 Å². The van der Waals surface area contributed by atoms with Gasteiger partial charge < -0.3 is 38.8 Å². The van der Waals surface area contributed by atoms with Crippen LogP contribution in [0.4, 0.5) is 15.3 Å². The first-order chi connectivity index (χ1) is 56.9. The van der Waals surface area contributed by atoms with E-state index in [0.29, 0.717) is 6.61 Å². The molecule has 672 valence electrons. The molecule has 116 heavy (non-hydrogen) atoms. The SMILES string of the molecule is CCCCC/C=C\C/C=C\CCCCCCCCC(CCCCCCCC/C=C\C/C=C\CCCCC)OC(=O)OCCN(CC)CCN(CC)CC.CCCCC/C=C\C/C=C\CCCCCCCCC(CCCCCCCC/C=C\C/C=C\CCCCC)OC(=O)Oc1ccc([N+](=O)[O-])cc1.CCN(CC)CCN(CC)CCO. The molecule has 1 rings (SSSR count). The molecule has 1 aromatic rings. The van der Waals surface area contributed by atoms with Gasteiger partial charge in [-0.1, -0.05) is 321 Å². The third-order valence-corrected chi connectivity index (χ3v) is 21.9.